The van der Waals surface area contributed by atoms with Crippen LogP contribution >= 0.6 is 0 Å². The first kappa shape index (κ1) is 28.1. The van der Waals surface area contributed by atoms with Gasteiger partial charge in [0.1, 0.15) is 24.2 Å². The number of para-hydroxylation sites is 2. The largest absolute Gasteiger partial charge is 0.495 e. The second-order valence-electron chi connectivity index (χ2n) is 8.33. The van der Waals surface area contributed by atoms with Gasteiger partial charge < -0.3 is 15.0 Å². The minimum absolute atomic E-state index is 0.00900. The number of ether oxygens (including phenoxy) is 1. The first-order chi connectivity index (χ1) is 16.5. The highest BCUT2D eigenvalue weighted by atomic mass is 32.2. The number of carbonyl (C=O) groups is 2. The average Bonchev–Trinajstić information content (AvgIpc) is 2.82. The zero-order valence-corrected chi connectivity index (χ0v) is 21.6. The van der Waals surface area contributed by atoms with Crippen molar-refractivity contribution in [1.29, 1.82) is 0 Å². The molecule has 1 N–H and O–H groups in total. The molecule has 0 saturated heterocycles. The van der Waals surface area contributed by atoms with Crippen LogP contribution in [0.5, 0.6) is 5.75 Å². The molecule has 35 heavy (non-hydrogen) atoms. The molecule has 0 aliphatic carbocycles. The van der Waals surface area contributed by atoms with Gasteiger partial charge >= 0.3 is 0 Å². The third-order valence-electron chi connectivity index (χ3n) is 5.69. The van der Waals surface area contributed by atoms with Crippen molar-refractivity contribution in [2.45, 2.75) is 52.2 Å². The maximum atomic E-state index is 13.6. The van der Waals surface area contributed by atoms with Crippen molar-refractivity contribution in [1.82, 2.24) is 10.2 Å². The van der Waals surface area contributed by atoms with E-state index in [0.717, 1.165) is 10.6 Å². The topological polar surface area (TPSA) is 96.0 Å². The number of sulfonamides is 1. The predicted octanol–water partition coefficient (Wildman–Crippen LogP) is 3.32. The third-order valence-corrected chi connectivity index (χ3v) is 6.81. The van der Waals surface area contributed by atoms with E-state index >= 15 is 0 Å². The Hall–Kier alpha value is -3.14. The van der Waals surface area contributed by atoms with Gasteiger partial charge in [0, 0.05) is 12.6 Å². The molecule has 0 aromatic heterocycles. The van der Waals surface area contributed by atoms with Crippen LogP contribution in [0.4, 0.5) is 10.1 Å². The summed E-state index contributed by atoms with van der Waals surface area (Å²) >= 11 is 0. The highest BCUT2D eigenvalue weighted by molar-refractivity contribution is 7.92. The third kappa shape index (κ3) is 7.68. The fourth-order valence-electron chi connectivity index (χ4n) is 3.58. The minimum atomic E-state index is -3.88. The molecule has 10 heteroatoms. The highest BCUT2D eigenvalue weighted by Crippen LogP contribution is 2.29. The fraction of sp³-hybridized carbons (Fsp3) is 0.440. The van der Waals surface area contributed by atoms with Crippen molar-refractivity contribution < 1.29 is 27.1 Å². The normalized spacial score (nSPS) is 13.0. The van der Waals surface area contributed by atoms with Gasteiger partial charge in [0.25, 0.3) is 0 Å². The van der Waals surface area contributed by atoms with Gasteiger partial charge in [-0.25, -0.2) is 12.8 Å². The van der Waals surface area contributed by atoms with Gasteiger partial charge in [-0.3, -0.25) is 13.9 Å². The lowest BCUT2D eigenvalue weighted by Crippen LogP contribution is -2.53. The van der Waals surface area contributed by atoms with Gasteiger partial charge in [-0.1, -0.05) is 38.1 Å². The van der Waals surface area contributed by atoms with E-state index in [-0.39, 0.29) is 29.9 Å². The lowest BCUT2D eigenvalue weighted by atomic mass is 10.1. The highest BCUT2D eigenvalue weighted by Gasteiger charge is 2.32. The standard InChI is InChI=1S/C25H34FN3O5S/c1-6-18(3)27-25(31)21(7-2)28(16-19-12-14-20(26)15-13-19)24(30)17-29(35(5,32)33)22-10-8-9-11-23(22)34-4/h8-15,18,21H,6-7,16-17H2,1-5H3,(H,27,31). The summed E-state index contributed by atoms with van der Waals surface area (Å²) in [4.78, 5) is 28.0. The second kappa shape index (κ2) is 12.5. The zero-order valence-electron chi connectivity index (χ0n) is 20.8. The quantitative estimate of drug-likeness (QED) is 0.476. The number of amides is 2. The SMILES string of the molecule is CCC(C)NC(=O)C(CC)N(Cc1ccc(F)cc1)C(=O)CN(c1ccccc1OC)S(C)(=O)=O. The summed E-state index contributed by atoms with van der Waals surface area (Å²) in [6.45, 7) is 5.05. The van der Waals surface area contributed by atoms with Crippen LogP contribution in [0.1, 0.15) is 39.2 Å². The maximum Gasteiger partial charge on any atom is 0.244 e. The molecule has 2 atom stereocenters. The molecule has 8 nitrogen and oxygen atoms in total. The van der Waals surface area contributed by atoms with E-state index in [1.165, 1.54) is 36.3 Å². The van der Waals surface area contributed by atoms with Gasteiger partial charge in [0.2, 0.25) is 21.8 Å². The van der Waals surface area contributed by atoms with Gasteiger partial charge in [-0.05, 0) is 49.6 Å². The van der Waals surface area contributed by atoms with E-state index in [2.05, 4.69) is 5.32 Å². The lowest BCUT2D eigenvalue weighted by molar-refractivity contribution is -0.140. The molecule has 2 aromatic carbocycles. The number of hydrogen-bond donors (Lipinski definition) is 1. The Morgan fingerprint density at radius 2 is 1.69 bits per heavy atom. The zero-order chi connectivity index (χ0) is 26.2. The Morgan fingerprint density at radius 3 is 2.23 bits per heavy atom. The number of anilines is 1. The summed E-state index contributed by atoms with van der Waals surface area (Å²) in [5.74, 6) is -1.04. The molecule has 0 aliphatic heterocycles. The van der Waals surface area contributed by atoms with E-state index < -0.39 is 34.3 Å². The van der Waals surface area contributed by atoms with E-state index in [1.54, 1.807) is 31.2 Å². The molecular weight excluding hydrogens is 473 g/mol. The number of carbonyl (C=O) groups excluding carboxylic acids is 2. The summed E-state index contributed by atoms with van der Waals surface area (Å²) in [6, 6.07) is 11.1. The Morgan fingerprint density at radius 1 is 1.06 bits per heavy atom. The maximum absolute atomic E-state index is 13.6. The van der Waals surface area contributed by atoms with Crippen LogP contribution in [0.2, 0.25) is 0 Å². The van der Waals surface area contributed by atoms with Crippen molar-refractivity contribution in [3.05, 3.63) is 59.9 Å². The summed E-state index contributed by atoms with van der Waals surface area (Å²) in [5, 5.41) is 2.90. The van der Waals surface area contributed by atoms with E-state index in [1.807, 2.05) is 13.8 Å². The number of hydrogen-bond acceptors (Lipinski definition) is 5. The van der Waals surface area contributed by atoms with Gasteiger partial charge in [-0.2, -0.15) is 0 Å². The summed E-state index contributed by atoms with van der Waals surface area (Å²) < 4.78 is 45.1. The monoisotopic (exact) mass is 507 g/mol. The summed E-state index contributed by atoms with van der Waals surface area (Å²) in [6.07, 6.45) is 2.02. The average molecular weight is 508 g/mol. The Kier molecular flexibility index (Phi) is 10.1. The molecule has 2 rings (SSSR count). The van der Waals surface area contributed by atoms with E-state index in [9.17, 15) is 22.4 Å². The van der Waals surface area contributed by atoms with Crippen LogP contribution in [0.25, 0.3) is 0 Å². The Balaban J connectivity index is 2.46. The molecule has 2 amide bonds. The van der Waals surface area contributed by atoms with Crippen LogP contribution in [-0.2, 0) is 26.2 Å². The first-order valence-electron chi connectivity index (χ1n) is 11.5. The molecule has 0 heterocycles. The molecule has 0 spiro atoms. The number of benzene rings is 2. The van der Waals surface area contributed by atoms with Crippen molar-refractivity contribution in [3.63, 3.8) is 0 Å². The molecule has 0 aliphatic rings. The smallest absolute Gasteiger partial charge is 0.244 e. The van der Waals surface area contributed by atoms with Crippen LogP contribution in [0.15, 0.2) is 48.5 Å². The van der Waals surface area contributed by atoms with Crippen molar-refractivity contribution in [2.24, 2.45) is 0 Å². The summed E-state index contributed by atoms with van der Waals surface area (Å²) in [5.41, 5.74) is 0.822. The van der Waals surface area contributed by atoms with Crippen LogP contribution in [-0.4, -0.2) is 57.1 Å². The molecular formula is C25H34FN3O5S. The molecule has 192 valence electrons. The lowest BCUT2D eigenvalue weighted by Gasteiger charge is -2.33. The van der Waals surface area contributed by atoms with Crippen molar-refractivity contribution in [2.75, 3.05) is 24.2 Å². The number of nitrogens with zero attached hydrogens (tertiary/aromatic N) is 2. The van der Waals surface area contributed by atoms with E-state index in [4.69, 9.17) is 4.74 Å². The second-order valence-corrected chi connectivity index (χ2v) is 10.2. The molecule has 0 radical (unpaired) electrons. The van der Waals surface area contributed by atoms with Crippen LogP contribution < -0.4 is 14.4 Å². The van der Waals surface area contributed by atoms with E-state index in [0.29, 0.717) is 18.4 Å². The fourth-order valence-corrected chi connectivity index (χ4v) is 4.43. The number of methoxy groups -OCH3 is 1. The first-order valence-corrected chi connectivity index (χ1v) is 13.3. The molecule has 2 aromatic rings. The molecule has 0 bridgehead atoms. The predicted molar refractivity (Wildman–Crippen MR) is 134 cm³/mol. The molecule has 0 fully saturated rings. The number of halogens is 1. The van der Waals surface area contributed by atoms with Crippen LogP contribution in [0, 0.1) is 5.82 Å². The summed E-state index contributed by atoms with van der Waals surface area (Å²) in [7, 11) is -2.47. The van der Waals surface area contributed by atoms with Gasteiger partial charge in [0.15, 0.2) is 0 Å². The van der Waals surface area contributed by atoms with Crippen LogP contribution in [0.3, 0.4) is 0 Å². The van der Waals surface area contributed by atoms with Crippen molar-refractivity contribution >= 4 is 27.5 Å². The minimum Gasteiger partial charge on any atom is -0.495 e. The van der Waals surface area contributed by atoms with Gasteiger partial charge in [0.05, 0.1) is 19.1 Å². The Bertz CT molecular complexity index is 1110. The number of rotatable bonds is 12. The molecule has 0 saturated carbocycles. The number of nitrogens with one attached hydrogen (secondary N) is 1. The molecule has 2 unspecified atom stereocenters. The van der Waals surface area contributed by atoms with Gasteiger partial charge in [-0.15, -0.1) is 0 Å². The van der Waals surface area contributed by atoms with Crippen molar-refractivity contribution in [3.8, 4) is 5.75 Å². The Labute approximate surface area is 207 Å².